The van der Waals surface area contributed by atoms with Gasteiger partial charge >= 0.3 is 33.3 Å². The van der Waals surface area contributed by atoms with Gasteiger partial charge in [0.05, 0.1) is 7.11 Å². The highest BCUT2D eigenvalue weighted by Gasteiger charge is 2.76. The van der Waals surface area contributed by atoms with E-state index in [0.717, 1.165) is 0 Å². The number of carbonyl (C=O) groups excluding carboxylic acids is 1. The zero-order valence-electron chi connectivity index (χ0n) is 7.69. The summed E-state index contributed by atoms with van der Waals surface area (Å²) >= 11 is 0. The lowest BCUT2D eigenvalue weighted by Crippen LogP contribution is -2.58. The Hall–Kier alpha value is -0.910. The highest BCUT2D eigenvalue weighted by atomic mass is 32.2. The molecular formula is C5H3F7O4S. The van der Waals surface area contributed by atoms with Gasteiger partial charge in [0.2, 0.25) is 0 Å². The lowest BCUT2D eigenvalue weighted by atomic mass is 10.2. The zero-order valence-corrected chi connectivity index (χ0v) is 8.50. The molecule has 0 spiro atoms. The summed E-state index contributed by atoms with van der Waals surface area (Å²) in [5.74, 6) is -4.13. The Morgan fingerprint density at radius 3 is 1.53 bits per heavy atom. The van der Waals surface area contributed by atoms with Crippen molar-refractivity contribution in [3.05, 3.63) is 0 Å². The highest BCUT2D eigenvalue weighted by molar-refractivity contribution is 7.88. The quantitative estimate of drug-likeness (QED) is 0.581. The van der Waals surface area contributed by atoms with Gasteiger partial charge in [-0.05, 0) is 0 Å². The maximum absolute atomic E-state index is 13.1. The minimum atomic E-state index is -6.63. The van der Waals surface area contributed by atoms with Crippen LogP contribution in [0.2, 0.25) is 0 Å². The third-order valence-electron chi connectivity index (χ3n) is 1.48. The third-order valence-corrected chi connectivity index (χ3v) is 3.02. The predicted octanol–water partition coefficient (Wildman–Crippen LogP) is 1.32. The van der Waals surface area contributed by atoms with E-state index >= 15 is 0 Å². The molecule has 0 aromatic carbocycles. The van der Waals surface area contributed by atoms with E-state index in [4.69, 9.17) is 0 Å². The monoisotopic (exact) mass is 292 g/mol. The molecule has 17 heavy (non-hydrogen) atoms. The molecule has 0 saturated carbocycles. The second-order valence-electron chi connectivity index (χ2n) is 2.54. The molecule has 0 bridgehead atoms. The van der Waals surface area contributed by atoms with Gasteiger partial charge in [-0.15, -0.1) is 0 Å². The van der Waals surface area contributed by atoms with Crippen LogP contribution in [0.1, 0.15) is 0 Å². The van der Waals surface area contributed by atoms with Crippen LogP contribution in [-0.2, 0) is 19.1 Å². The standard InChI is InChI=1S/C5H3F7O4S/c1-16-17(14,15)3(6,5(10,11)12)2(13)4(7,8)9/h1H3. The van der Waals surface area contributed by atoms with Crippen molar-refractivity contribution in [2.75, 3.05) is 7.11 Å². The summed E-state index contributed by atoms with van der Waals surface area (Å²) < 4.78 is 108. The van der Waals surface area contributed by atoms with Crippen molar-refractivity contribution >= 4 is 15.9 Å². The van der Waals surface area contributed by atoms with Crippen molar-refractivity contribution in [3.63, 3.8) is 0 Å². The van der Waals surface area contributed by atoms with Gasteiger partial charge in [0, 0.05) is 0 Å². The Bertz CT molecular complexity index is 407. The lowest BCUT2D eigenvalue weighted by molar-refractivity contribution is -0.225. The minimum Gasteiger partial charge on any atom is -0.284 e. The second kappa shape index (κ2) is 4.08. The van der Waals surface area contributed by atoms with Gasteiger partial charge in [-0.25, -0.2) is 4.39 Å². The van der Waals surface area contributed by atoms with E-state index in [2.05, 4.69) is 4.18 Å². The van der Waals surface area contributed by atoms with Crippen LogP contribution in [0.15, 0.2) is 0 Å². The van der Waals surface area contributed by atoms with Gasteiger partial charge in [-0.2, -0.15) is 34.8 Å². The molecule has 0 rings (SSSR count). The molecule has 102 valence electrons. The minimum absolute atomic E-state index is 0.0148. The molecule has 0 saturated heterocycles. The number of hydrogen-bond donors (Lipinski definition) is 0. The Labute approximate surface area is 89.5 Å². The molecule has 0 aliphatic heterocycles. The summed E-state index contributed by atoms with van der Waals surface area (Å²) in [4.78, 5) is 10.3. The first-order chi connectivity index (χ1) is 7.22. The van der Waals surface area contributed by atoms with Crippen LogP contribution < -0.4 is 0 Å². The van der Waals surface area contributed by atoms with Gasteiger partial charge in [0.1, 0.15) is 0 Å². The number of ketones is 1. The van der Waals surface area contributed by atoms with Crippen LogP contribution in [0.4, 0.5) is 30.7 Å². The summed E-state index contributed by atoms with van der Waals surface area (Å²) in [6, 6.07) is 0. The summed E-state index contributed by atoms with van der Waals surface area (Å²) in [7, 11) is -6.48. The number of carbonyl (C=O) groups is 1. The van der Waals surface area contributed by atoms with Crippen molar-refractivity contribution in [1.29, 1.82) is 0 Å². The summed E-state index contributed by atoms with van der Waals surface area (Å²) in [5, 5.41) is -6.19. The van der Waals surface area contributed by atoms with Crippen molar-refractivity contribution in [2.24, 2.45) is 0 Å². The summed E-state index contributed by atoms with van der Waals surface area (Å²) in [6.45, 7) is 0. The first-order valence-corrected chi connectivity index (χ1v) is 4.80. The van der Waals surface area contributed by atoms with E-state index in [1.54, 1.807) is 0 Å². The fourth-order valence-electron chi connectivity index (χ4n) is 0.681. The topological polar surface area (TPSA) is 60.4 Å². The van der Waals surface area contributed by atoms with E-state index in [1.165, 1.54) is 0 Å². The first kappa shape index (κ1) is 16.1. The fourth-order valence-corrected chi connectivity index (χ4v) is 1.54. The Morgan fingerprint density at radius 2 is 1.35 bits per heavy atom. The van der Waals surface area contributed by atoms with E-state index in [9.17, 15) is 43.9 Å². The maximum atomic E-state index is 13.1. The molecule has 0 aliphatic rings. The van der Waals surface area contributed by atoms with Crippen LogP contribution in [-0.4, -0.2) is 38.7 Å². The number of rotatable bonds is 3. The van der Waals surface area contributed by atoms with Gasteiger partial charge < -0.3 is 0 Å². The second-order valence-corrected chi connectivity index (χ2v) is 4.34. The summed E-state index contributed by atoms with van der Waals surface area (Å²) in [6.07, 6.45) is -13.0. The van der Waals surface area contributed by atoms with Gasteiger partial charge in [0.25, 0.3) is 0 Å². The van der Waals surface area contributed by atoms with Crippen molar-refractivity contribution < 1.29 is 48.1 Å². The number of halogens is 7. The van der Waals surface area contributed by atoms with E-state index in [-0.39, 0.29) is 7.11 Å². The van der Waals surface area contributed by atoms with Crippen LogP contribution in [0.3, 0.4) is 0 Å². The lowest BCUT2D eigenvalue weighted by Gasteiger charge is -2.25. The Kier molecular flexibility index (Phi) is 3.86. The molecular weight excluding hydrogens is 289 g/mol. The molecule has 0 radical (unpaired) electrons. The molecule has 0 heterocycles. The van der Waals surface area contributed by atoms with Crippen LogP contribution in [0, 0.1) is 0 Å². The molecule has 1 atom stereocenters. The van der Waals surface area contributed by atoms with Gasteiger partial charge in [-0.3, -0.25) is 8.98 Å². The molecule has 1 unspecified atom stereocenters. The molecule has 0 aromatic heterocycles. The van der Waals surface area contributed by atoms with E-state index < -0.39 is 33.3 Å². The van der Waals surface area contributed by atoms with Crippen molar-refractivity contribution in [2.45, 2.75) is 17.4 Å². The smallest absolute Gasteiger partial charge is 0.284 e. The molecule has 0 N–H and O–H groups in total. The third kappa shape index (κ3) is 2.51. The SMILES string of the molecule is COS(=O)(=O)C(F)(C(=O)C(F)(F)F)C(F)(F)F. The average molecular weight is 292 g/mol. The van der Waals surface area contributed by atoms with E-state index in [0.29, 0.717) is 0 Å². The summed E-state index contributed by atoms with van der Waals surface area (Å²) in [5.41, 5.74) is 0. The molecule has 12 heteroatoms. The molecule has 0 amide bonds. The fraction of sp³-hybridized carbons (Fsp3) is 0.800. The van der Waals surface area contributed by atoms with Crippen molar-refractivity contribution in [3.8, 4) is 0 Å². The molecule has 0 aliphatic carbocycles. The van der Waals surface area contributed by atoms with Gasteiger partial charge in [0.15, 0.2) is 0 Å². The molecule has 0 fully saturated rings. The maximum Gasteiger partial charge on any atom is 0.455 e. The number of alkyl halides is 7. The predicted molar refractivity (Wildman–Crippen MR) is 36.9 cm³/mol. The van der Waals surface area contributed by atoms with Crippen LogP contribution in [0.25, 0.3) is 0 Å². The molecule has 4 nitrogen and oxygen atoms in total. The van der Waals surface area contributed by atoms with E-state index in [1.807, 2.05) is 0 Å². The van der Waals surface area contributed by atoms with Crippen molar-refractivity contribution in [1.82, 2.24) is 0 Å². The average Bonchev–Trinajstić information content (AvgIpc) is 2.11. The molecule has 0 aromatic rings. The zero-order chi connectivity index (χ0) is 14.3. The largest absolute Gasteiger partial charge is 0.455 e. The number of hydrogen-bond acceptors (Lipinski definition) is 4. The first-order valence-electron chi connectivity index (χ1n) is 3.39. The number of Topliss-reactive ketones (excluding diaryl/α,β-unsaturated/α-hetero) is 1. The Balaban J connectivity index is 6.05. The van der Waals surface area contributed by atoms with Crippen LogP contribution >= 0.6 is 0 Å². The Morgan fingerprint density at radius 1 is 1.00 bits per heavy atom. The van der Waals surface area contributed by atoms with Crippen LogP contribution in [0.5, 0.6) is 0 Å². The highest BCUT2D eigenvalue weighted by Crippen LogP contribution is 2.43. The van der Waals surface area contributed by atoms with Gasteiger partial charge in [-0.1, -0.05) is 0 Å². The normalized spacial score (nSPS) is 17.6.